The van der Waals surface area contributed by atoms with Crippen molar-refractivity contribution in [2.45, 2.75) is 26.8 Å². The first-order valence-electron chi connectivity index (χ1n) is 7.58. The molecule has 0 atom stereocenters. The monoisotopic (exact) mass is 316 g/mol. The van der Waals surface area contributed by atoms with Crippen molar-refractivity contribution in [3.05, 3.63) is 40.8 Å². The molecule has 2 heterocycles. The van der Waals surface area contributed by atoms with Crippen molar-refractivity contribution >= 4 is 5.91 Å². The lowest BCUT2D eigenvalue weighted by atomic mass is 10.2. The lowest BCUT2D eigenvalue weighted by molar-refractivity contribution is -0.121. The van der Waals surface area contributed by atoms with E-state index >= 15 is 0 Å². The number of carbonyl (C=O) groups is 1. The molecule has 2 rings (SSSR count). The molecule has 0 fully saturated rings. The number of pyridine rings is 1. The number of likely N-dealkylation sites (N-methyl/N-ethyl adjacent to an activating group) is 1. The van der Waals surface area contributed by atoms with E-state index in [2.05, 4.69) is 15.4 Å². The van der Waals surface area contributed by atoms with E-state index in [0.29, 0.717) is 24.7 Å². The molecule has 7 nitrogen and oxygen atoms in total. The van der Waals surface area contributed by atoms with Crippen molar-refractivity contribution in [3.63, 3.8) is 0 Å². The summed E-state index contributed by atoms with van der Waals surface area (Å²) in [7, 11) is 0. The number of nitrogens with one attached hydrogen (secondary N) is 1. The van der Waals surface area contributed by atoms with E-state index in [-0.39, 0.29) is 18.0 Å². The molecule has 23 heavy (non-hydrogen) atoms. The first-order chi connectivity index (χ1) is 11.1. The quantitative estimate of drug-likeness (QED) is 0.830. The minimum absolute atomic E-state index is 0.106. The van der Waals surface area contributed by atoms with E-state index < -0.39 is 0 Å². The standard InChI is InChI=1S/C16H20N4O3/c1-3-9-23-15-7-5-12(10-18-15)13-6-8-16(22)20(19-13)11-14(21)17-4-2/h5-8,10H,3-4,9,11H2,1-2H3,(H,17,21). The molecule has 0 unspecified atom stereocenters. The Morgan fingerprint density at radius 3 is 2.74 bits per heavy atom. The molecule has 1 amide bonds. The summed E-state index contributed by atoms with van der Waals surface area (Å²) in [6.07, 6.45) is 2.55. The zero-order valence-corrected chi connectivity index (χ0v) is 13.3. The molecular weight excluding hydrogens is 296 g/mol. The van der Waals surface area contributed by atoms with Crippen LogP contribution in [0.3, 0.4) is 0 Å². The number of hydrogen-bond donors (Lipinski definition) is 1. The van der Waals surface area contributed by atoms with Gasteiger partial charge >= 0.3 is 0 Å². The molecule has 2 aromatic heterocycles. The second kappa shape index (κ2) is 8.07. The molecule has 0 aromatic carbocycles. The topological polar surface area (TPSA) is 86.1 Å². The van der Waals surface area contributed by atoms with Gasteiger partial charge in [-0.2, -0.15) is 5.10 Å². The molecule has 1 N–H and O–H groups in total. The average molecular weight is 316 g/mol. The maximum Gasteiger partial charge on any atom is 0.267 e. The molecule has 0 bridgehead atoms. The molecule has 0 radical (unpaired) electrons. The van der Waals surface area contributed by atoms with Crippen LogP contribution < -0.4 is 15.6 Å². The van der Waals surface area contributed by atoms with Crippen LogP contribution in [0, 0.1) is 0 Å². The zero-order valence-electron chi connectivity index (χ0n) is 13.3. The molecule has 0 aliphatic rings. The third-order valence-electron chi connectivity index (χ3n) is 3.02. The second-order valence-corrected chi connectivity index (χ2v) is 4.90. The van der Waals surface area contributed by atoms with E-state index in [1.54, 1.807) is 18.3 Å². The number of carbonyl (C=O) groups excluding carboxylic acids is 1. The van der Waals surface area contributed by atoms with Gasteiger partial charge in [0.05, 0.1) is 12.3 Å². The van der Waals surface area contributed by atoms with Crippen LogP contribution in [-0.4, -0.2) is 33.8 Å². The SMILES string of the molecule is CCCOc1ccc(-c2ccc(=O)n(CC(=O)NCC)n2)cn1. The predicted molar refractivity (Wildman–Crippen MR) is 86.2 cm³/mol. The Hall–Kier alpha value is -2.70. The molecule has 7 heteroatoms. The van der Waals surface area contributed by atoms with E-state index in [4.69, 9.17) is 4.74 Å². The van der Waals surface area contributed by atoms with E-state index in [0.717, 1.165) is 16.7 Å². The number of hydrogen-bond acceptors (Lipinski definition) is 5. The van der Waals surface area contributed by atoms with Gasteiger partial charge in [0.15, 0.2) is 0 Å². The van der Waals surface area contributed by atoms with Gasteiger partial charge in [0.2, 0.25) is 11.8 Å². The van der Waals surface area contributed by atoms with Crippen LogP contribution in [0.15, 0.2) is 35.3 Å². The van der Waals surface area contributed by atoms with Crippen LogP contribution >= 0.6 is 0 Å². The molecule has 2 aromatic rings. The van der Waals surface area contributed by atoms with Crippen LogP contribution in [0.1, 0.15) is 20.3 Å². The second-order valence-electron chi connectivity index (χ2n) is 4.90. The van der Waals surface area contributed by atoms with E-state index in [1.165, 1.54) is 6.07 Å². The summed E-state index contributed by atoms with van der Waals surface area (Å²) in [5, 5.41) is 6.86. The van der Waals surface area contributed by atoms with Gasteiger partial charge in [-0.3, -0.25) is 9.59 Å². The fourth-order valence-electron chi connectivity index (χ4n) is 1.93. The summed E-state index contributed by atoms with van der Waals surface area (Å²) < 4.78 is 6.57. The summed E-state index contributed by atoms with van der Waals surface area (Å²) in [6.45, 7) is 4.86. The van der Waals surface area contributed by atoms with Crippen LogP contribution in [-0.2, 0) is 11.3 Å². The third kappa shape index (κ3) is 4.64. The predicted octanol–water partition coefficient (Wildman–Crippen LogP) is 1.23. The van der Waals surface area contributed by atoms with Crippen LogP contribution in [0.25, 0.3) is 11.3 Å². The summed E-state index contributed by atoms with van der Waals surface area (Å²) >= 11 is 0. The van der Waals surface area contributed by atoms with Crippen molar-refractivity contribution in [2.24, 2.45) is 0 Å². The summed E-state index contributed by atoms with van der Waals surface area (Å²) in [4.78, 5) is 27.6. The van der Waals surface area contributed by atoms with Gasteiger partial charge in [-0.15, -0.1) is 0 Å². The smallest absolute Gasteiger partial charge is 0.267 e. The highest BCUT2D eigenvalue weighted by Gasteiger charge is 2.08. The molecule has 0 spiro atoms. The van der Waals surface area contributed by atoms with Gasteiger partial charge in [-0.05, 0) is 25.5 Å². The van der Waals surface area contributed by atoms with Gasteiger partial charge in [0, 0.05) is 30.4 Å². The Morgan fingerprint density at radius 2 is 2.09 bits per heavy atom. The highest BCUT2D eigenvalue weighted by Crippen LogP contribution is 2.17. The van der Waals surface area contributed by atoms with Gasteiger partial charge < -0.3 is 10.1 Å². The zero-order chi connectivity index (χ0) is 16.7. The van der Waals surface area contributed by atoms with Crippen molar-refractivity contribution in [2.75, 3.05) is 13.2 Å². The van der Waals surface area contributed by atoms with Crippen LogP contribution in [0.5, 0.6) is 5.88 Å². The van der Waals surface area contributed by atoms with Gasteiger partial charge in [0.25, 0.3) is 5.56 Å². The Labute approximate surface area is 134 Å². The number of rotatable bonds is 7. The summed E-state index contributed by atoms with van der Waals surface area (Å²) in [5.74, 6) is 0.298. The van der Waals surface area contributed by atoms with E-state index in [9.17, 15) is 9.59 Å². The van der Waals surface area contributed by atoms with Crippen LogP contribution in [0.2, 0.25) is 0 Å². The van der Waals surface area contributed by atoms with Gasteiger partial charge in [0.1, 0.15) is 6.54 Å². The van der Waals surface area contributed by atoms with Crippen molar-refractivity contribution in [1.82, 2.24) is 20.1 Å². The minimum Gasteiger partial charge on any atom is -0.478 e. The molecule has 0 aliphatic carbocycles. The summed E-state index contributed by atoms with van der Waals surface area (Å²) in [5.41, 5.74) is 0.998. The highest BCUT2D eigenvalue weighted by atomic mass is 16.5. The maximum absolute atomic E-state index is 11.8. The number of aromatic nitrogens is 3. The van der Waals surface area contributed by atoms with Gasteiger partial charge in [-0.1, -0.05) is 6.92 Å². The number of amides is 1. The number of ether oxygens (including phenoxy) is 1. The average Bonchev–Trinajstić information content (AvgIpc) is 2.56. The Bertz CT molecular complexity index is 710. The van der Waals surface area contributed by atoms with Gasteiger partial charge in [-0.25, -0.2) is 9.67 Å². The van der Waals surface area contributed by atoms with Crippen molar-refractivity contribution in [3.8, 4) is 17.1 Å². The molecule has 0 aliphatic heterocycles. The molecular formula is C16H20N4O3. The largest absolute Gasteiger partial charge is 0.478 e. The lowest BCUT2D eigenvalue weighted by Crippen LogP contribution is -2.33. The number of nitrogens with zero attached hydrogens (tertiary/aromatic N) is 3. The van der Waals surface area contributed by atoms with Crippen molar-refractivity contribution in [1.29, 1.82) is 0 Å². The lowest BCUT2D eigenvalue weighted by Gasteiger charge is -2.08. The fourth-order valence-corrected chi connectivity index (χ4v) is 1.93. The Kier molecular flexibility index (Phi) is 5.85. The fraction of sp³-hybridized carbons (Fsp3) is 0.375. The molecule has 0 saturated carbocycles. The maximum atomic E-state index is 11.8. The Morgan fingerprint density at radius 1 is 1.26 bits per heavy atom. The first kappa shape index (κ1) is 16.7. The first-order valence-corrected chi connectivity index (χ1v) is 7.58. The Balaban J connectivity index is 2.19. The van der Waals surface area contributed by atoms with Crippen LogP contribution in [0.4, 0.5) is 0 Å². The molecule has 122 valence electrons. The third-order valence-corrected chi connectivity index (χ3v) is 3.02. The van der Waals surface area contributed by atoms with Crippen molar-refractivity contribution < 1.29 is 9.53 Å². The summed E-state index contributed by atoms with van der Waals surface area (Å²) in [6, 6.07) is 6.58. The van der Waals surface area contributed by atoms with E-state index in [1.807, 2.05) is 19.9 Å². The normalized spacial score (nSPS) is 10.3. The highest BCUT2D eigenvalue weighted by molar-refractivity contribution is 5.75. The molecule has 0 saturated heterocycles. The minimum atomic E-state index is -0.323.